The zero-order valence-corrected chi connectivity index (χ0v) is 15.9. The molecule has 3 rings (SSSR count). The largest absolute Gasteiger partial charge is 0.336 e. The van der Waals surface area contributed by atoms with Crippen molar-refractivity contribution in [3.63, 3.8) is 0 Å². The Kier molecular flexibility index (Phi) is 4.61. The third kappa shape index (κ3) is 2.71. The summed E-state index contributed by atoms with van der Waals surface area (Å²) in [5, 5.41) is 5.55. The average molecular weight is 367 g/mol. The van der Waals surface area contributed by atoms with Crippen LogP contribution < -0.4 is 5.32 Å². The van der Waals surface area contributed by atoms with Gasteiger partial charge in [0.1, 0.15) is 22.8 Å². The predicted octanol–water partition coefficient (Wildman–Crippen LogP) is 1.26. The SMILES string of the molecule is C=S1CC(C)C(C)N2C(=O)C(NC(=O)C(=NC)c3csc(C)n3)C21. The molecule has 1 N–H and O–H groups in total. The summed E-state index contributed by atoms with van der Waals surface area (Å²) >= 11 is 1.47. The van der Waals surface area contributed by atoms with Crippen molar-refractivity contribution in [2.24, 2.45) is 10.9 Å². The summed E-state index contributed by atoms with van der Waals surface area (Å²) < 4.78 is 0. The minimum Gasteiger partial charge on any atom is -0.336 e. The van der Waals surface area contributed by atoms with Crippen LogP contribution in [0.25, 0.3) is 0 Å². The molecule has 0 aliphatic carbocycles. The molecule has 5 unspecified atom stereocenters. The van der Waals surface area contributed by atoms with Gasteiger partial charge in [-0.15, -0.1) is 11.3 Å². The molecule has 130 valence electrons. The molecule has 0 bridgehead atoms. The molecule has 3 heterocycles. The number of rotatable bonds is 3. The number of nitrogens with zero attached hydrogens (tertiary/aromatic N) is 3. The quantitative estimate of drug-likeness (QED) is 0.497. The Hall–Kier alpha value is -1.54. The first kappa shape index (κ1) is 17.3. The highest BCUT2D eigenvalue weighted by Crippen LogP contribution is 2.43. The number of aromatic nitrogens is 1. The topological polar surface area (TPSA) is 74.7 Å². The summed E-state index contributed by atoms with van der Waals surface area (Å²) in [5.41, 5.74) is 0.826. The second-order valence-electron chi connectivity index (χ2n) is 6.33. The lowest BCUT2D eigenvalue weighted by Gasteiger charge is -2.56. The van der Waals surface area contributed by atoms with E-state index in [1.165, 1.54) is 11.3 Å². The van der Waals surface area contributed by atoms with Crippen LogP contribution in [0.3, 0.4) is 0 Å². The van der Waals surface area contributed by atoms with Crippen LogP contribution in [0.2, 0.25) is 0 Å². The Bertz CT molecular complexity index is 742. The van der Waals surface area contributed by atoms with E-state index in [0.29, 0.717) is 11.6 Å². The average Bonchev–Trinajstić information content (AvgIpc) is 2.95. The van der Waals surface area contributed by atoms with E-state index in [2.05, 4.69) is 35.0 Å². The van der Waals surface area contributed by atoms with Crippen LogP contribution in [-0.2, 0) is 9.59 Å². The fraction of sp³-hybridized carbons (Fsp3) is 0.562. The number of β-lactam (4-membered cyclic amide) rings is 1. The van der Waals surface area contributed by atoms with Gasteiger partial charge in [-0.1, -0.05) is 12.8 Å². The van der Waals surface area contributed by atoms with Crippen molar-refractivity contribution in [3.8, 4) is 0 Å². The number of carbonyl (C=O) groups excluding carboxylic acids is 2. The molecule has 2 aliphatic heterocycles. The highest BCUT2D eigenvalue weighted by atomic mass is 32.2. The van der Waals surface area contributed by atoms with Gasteiger partial charge < -0.3 is 10.2 Å². The molecule has 0 saturated carbocycles. The maximum atomic E-state index is 12.6. The molecule has 2 saturated heterocycles. The van der Waals surface area contributed by atoms with E-state index in [1.807, 2.05) is 17.2 Å². The third-order valence-electron chi connectivity index (χ3n) is 4.75. The van der Waals surface area contributed by atoms with Crippen LogP contribution in [-0.4, -0.2) is 63.5 Å². The second kappa shape index (κ2) is 6.40. The Balaban J connectivity index is 1.75. The molecule has 5 atom stereocenters. The van der Waals surface area contributed by atoms with Crippen LogP contribution in [0.1, 0.15) is 24.5 Å². The van der Waals surface area contributed by atoms with E-state index in [0.717, 1.165) is 10.8 Å². The van der Waals surface area contributed by atoms with E-state index in [4.69, 9.17) is 0 Å². The first-order valence-electron chi connectivity index (χ1n) is 7.86. The van der Waals surface area contributed by atoms with Gasteiger partial charge in [0.15, 0.2) is 0 Å². The Labute approximate surface area is 148 Å². The first-order chi connectivity index (χ1) is 11.3. The molecule has 24 heavy (non-hydrogen) atoms. The van der Waals surface area contributed by atoms with Crippen molar-refractivity contribution < 1.29 is 9.59 Å². The van der Waals surface area contributed by atoms with Crippen molar-refractivity contribution in [1.29, 1.82) is 0 Å². The van der Waals surface area contributed by atoms with E-state index >= 15 is 0 Å². The summed E-state index contributed by atoms with van der Waals surface area (Å²) in [7, 11) is 1.40. The normalized spacial score (nSPS) is 33.0. The standard InChI is InChI=1S/C16H22N4O2S2/c1-8-7-24(5)16-13(15(22)20(16)9(8)2)19-14(21)12(17-4)11-6-23-10(3)18-11/h6,8-9,13,16H,5,7H2,1-4H3,(H,19,21). The highest BCUT2D eigenvalue weighted by Gasteiger charge is 2.54. The van der Waals surface area contributed by atoms with Gasteiger partial charge in [0.05, 0.1) is 5.01 Å². The number of aryl methyl sites for hydroxylation is 1. The molecule has 1 aromatic heterocycles. The zero-order chi connectivity index (χ0) is 17.6. The lowest BCUT2D eigenvalue weighted by atomic mass is 9.96. The third-order valence-corrected chi connectivity index (χ3v) is 7.66. The van der Waals surface area contributed by atoms with E-state index in [-0.39, 0.29) is 39.4 Å². The lowest BCUT2D eigenvalue weighted by molar-refractivity contribution is -0.152. The molecular formula is C16H22N4O2S2. The summed E-state index contributed by atoms with van der Waals surface area (Å²) in [5.74, 6) is 5.29. The maximum absolute atomic E-state index is 12.6. The van der Waals surface area contributed by atoms with Crippen LogP contribution in [0.4, 0.5) is 0 Å². The molecule has 2 aliphatic rings. The molecule has 0 aromatic carbocycles. The number of amides is 2. The van der Waals surface area contributed by atoms with E-state index in [1.54, 1.807) is 7.05 Å². The molecule has 0 radical (unpaired) electrons. The molecular weight excluding hydrogens is 344 g/mol. The molecule has 1 aromatic rings. The summed E-state index contributed by atoms with van der Waals surface area (Å²) in [4.78, 5) is 35.4. The van der Waals surface area contributed by atoms with Crippen LogP contribution >= 0.6 is 21.8 Å². The van der Waals surface area contributed by atoms with E-state index in [9.17, 15) is 9.59 Å². The molecule has 6 nitrogen and oxygen atoms in total. The Morgan fingerprint density at radius 2 is 2.25 bits per heavy atom. The number of hydrogen-bond donors (Lipinski definition) is 1. The number of nitrogens with one attached hydrogen (secondary N) is 1. The monoisotopic (exact) mass is 366 g/mol. The van der Waals surface area contributed by atoms with Crippen LogP contribution in [0.5, 0.6) is 0 Å². The number of fused-ring (bicyclic) bond motifs is 1. The van der Waals surface area contributed by atoms with Gasteiger partial charge in [0.2, 0.25) is 5.91 Å². The fourth-order valence-electron chi connectivity index (χ4n) is 3.27. The van der Waals surface area contributed by atoms with Gasteiger partial charge in [0, 0.05) is 18.5 Å². The Morgan fingerprint density at radius 1 is 1.54 bits per heavy atom. The molecule has 2 amide bonds. The molecule has 8 heteroatoms. The highest BCUT2D eigenvalue weighted by molar-refractivity contribution is 8.14. The van der Waals surface area contributed by atoms with Crippen LogP contribution in [0.15, 0.2) is 10.4 Å². The van der Waals surface area contributed by atoms with Crippen molar-refractivity contribution in [2.75, 3.05) is 12.8 Å². The maximum Gasteiger partial charge on any atom is 0.272 e. The first-order valence-corrected chi connectivity index (χ1v) is 10.4. The number of thiazole rings is 1. The summed E-state index contributed by atoms with van der Waals surface area (Å²) in [6.07, 6.45) is 0. The minimum atomic E-state index is -0.496. The molecule has 0 spiro atoms. The van der Waals surface area contributed by atoms with Gasteiger partial charge in [0.25, 0.3) is 5.91 Å². The van der Waals surface area contributed by atoms with Crippen molar-refractivity contribution in [3.05, 3.63) is 16.1 Å². The summed E-state index contributed by atoms with van der Waals surface area (Å²) in [6.45, 7) is 6.10. The fourth-order valence-corrected chi connectivity index (χ4v) is 6.20. The van der Waals surface area contributed by atoms with Crippen molar-refractivity contribution >= 4 is 45.2 Å². The molecule has 2 fully saturated rings. The van der Waals surface area contributed by atoms with Crippen molar-refractivity contribution in [1.82, 2.24) is 15.2 Å². The van der Waals surface area contributed by atoms with Crippen LogP contribution in [0, 0.1) is 12.8 Å². The van der Waals surface area contributed by atoms with E-state index < -0.39 is 6.04 Å². The van der Waals surface area contributed by atoms with Gasteiger partial charge in [-0.3, -0.25) is 14.6 Å². The van der Waals surface area contributed by atoms with Crippen molar-refractivity contribution in [2.45, 2.75) is 38.2 Å². The second-order valence-corrected chi connectivity index (χ2v) is 9.29. The minimum absolute atomic E-state index is 0.00271. The smallest absolute Gasteiger partial charge is 0.272 e. The van der Waals surface area contributed by atoms with Gasteiger partial charge in [-0.2, -0.15) is 10.5 Å². The van der Waals surface area contributed by atoms with Gasteiger partial charge >= 0.3 is 0 Å². The number of hydrogen-bond acceptors (Lipinski definition) is 5. The number of aliphatic imine (C=N–C) groups is 1. The predicted molar refractivity (Wildman–Crippen MR) is 100 cm³/mol. The zero-order valence-electron chi connectivity index (χ0n) is 14.3. The summed E-state index contributed by atoms with van der Waals surface area (Å²) in [6, 6.07) is -0.300. The van der Waals surface area contributed by atoms with Gasteiger partial charge in [-0.25, -0.2) is 4.98 Å². The lowest BCUT2D eigenvalue weighted by Crippen LogP contribution is -2.74. The van der Waals surface area contributed by atoms with Gasteiger partial charge in [-0.05, 0) is 25.5 Å². The Morgan fingerprint density at radius 3 is 2.83 bits per heavy atom. The number of carbonyl (C=O) groups is 2.